The lowest BCUT2D eigenvalue weighted by Crippen LogP contribution is -2.44. The van der Waals surface area contributed by atoms with E-state index in [1.807, 2.05) is 29.8 Å². The van der Waals surface area contributed by atoms with Crippen LogP contribution in [0.15, 0.2) is 23.2 Å². The summed E-state index contributed by atoms with van der Waals surface area (Å²) in [6.45, 7) is 7.98. The summed E-state index contributed by atoms with van der Waals surface area (Å²) in [4.78, 5) is 6.71. The Morgan fingerprint density at radius 3 is 2.84 bits per heavy atom. The van der Waals surface area contributed by atoms with Gasteiger partial charge in [0.25, 0.3) is 0 Å². The molecule has 1 aromatic heterocycles. The molecule has 3 rings (SSSR count). The molecule has 31 heavy (non-hydrogen) atoms. The molecule has 9 heteroatoms. The van der Waals surface area contributed by atoms with Gasteiger partial charge in [0, 0.05) is 56.1 Å². The van der Waals surface area contributed by atoms with Crippen molar-refractivity contribution in [2.45, 2.75) is 39.4 Å². The fraction of sp³-hybridized carbons (Fsp3) is 0.545. The van der Waals surface area contributed by atoms with E-state index in [0.29, 0.717) is 18.2 Å². The van der Waals surface area contributed by atoms with Gasteiger partial charge < -0.3 is 25.0 Å². The number of aromatic nitrogens is 2. The second-order valence-corrected chi connectivity index (χ2v) is 8.12. The van der Waals surface area contributed by atoms with Gasteiger partial charge in [-0.05, 0) is 38.5 Å². The lowest BCUT2D eigenvalue weighted by Gasteiger charge is -2.22. The van der Waals surface area contributed by atoms with E-state index < -0.39 is 0 Å². The summed E-state index contributed by atoms with van der Waals surface area (Å²) in [5, 5.41) is 12.3. The molecule has 2 aromatic rings. The normalized spacial score (nSPS) is 16.6. The van der Waals surface area contributed by atoms with Crippen molar-refractivity contribution in [3.05, 3.63) is 40.2 Å². The summed E-state index contributed by atoms with van der Waals surface area (Å²) in [5.41, 5.74) is 4.39. The third kappa shape index (κ3) is 5.62. The molecule has 1 saturated heterocycles. The zero-order valence-electron chi connectivity index (χ0n) is 19.0. The molecule has 2 N–H and O–H groups in total. The number of aryl methyl sites for hydroxylation is 1. The number of methoxy groups -OCH3 is 2. The second-order valence-electron chi connectivity index (χ2n) is 7.68. The van der Waals surface area contributed by atoms with Crippen LogP contribution in [-0.4, -0.2) is 62.7 Å². The molecule has 0 spiro atoms. The maximum Gasteiger partial charge on any atom is 0.191 e. The SMILES string of the molecule is CN=C(NCc1c(C)nn(CCOC)c1C)NC1CCN(c2cc(Cl)ccc2OC)C1. The van der Waals surface area contributed by atoms with E-state index in [0.717, 1.165) is 54.8 Å². The van der Waals surface area contributed by atoms with Crippen LogP contribution >= 0.6 is 11.6 Å². The number of halogens is 1. The number of hydrogen-bond acceptors (Lipinski definition) is 5. The van der Waals surface area contributed by atoms with Gasteiger partial charge in [-0.3, -0.25) is 9.67 Å². The molecule has 0 amide bonds. The largest absolute Gasteiger partial charge is 0.495 e. The van der Waals surface area contributed by atoms with Gasteiger partial charge >= 0.3 is 0 Å². The van der Waals surface area contributed by atoms with Gasteiger partial charge in [-0.15, -0.1) is 0 Å². The van der Waals surface area contributed by atoms with E-state index in [9.17, 15) is 0 Å². The minimum atomic E-state index is 0.279. The van der Waals surface area contributed by atoms with Gasteiger partial charge in [-0.25, -0.2) is 0 Å². The van der Waals surface area contributed by atoms with Crippen LogP contribution in [0.5, 0.6) is 5.75 Å². The Kier molecular flexibility index (Phi) is 8.03. The second kappa shape index (κ2) is 10.7. The average molecular weight is 449 g/mol. The minimum Gasteiger partial charge on any atom is -0.495 e. The van der Waals surface area contributed by atoms with E-state index in [2.05, 4.69) is 32.5 Å². The third-order valence-corrected chi connectivity index (χ3v) is 5.94. The fourth-order valence-electron chi connectivity index (χ4n) is 3.95. The Bertz CT molecular complexity index is 914. The molecule has 0 bridgehead atoms. The fourth-order valence-corrected chi connectivity index (χ4v) is 4.12. The lowest BCUT2D eigenvalue weighted by atomic mass is 10.2. The highest BCUT2D eigenvalue weighted by Gasteiger charge is 2.25. The van der Waals surface area contributed by atoms with Gasteiger partial charge in [-0.2, -0.15) is 5.10 Å². The number of nitrogens with one attached hydrogen (secondary N) is 2. The molecule has 1 aromatic carbocycles. The molecule has 0 aliphatic carbocycles. The first-order chi connectivity index (χ1) is 15.0. The van der Waals surface area contributed by atoms with Crippen molar-refractivity contribution >= 4 is 23.2 Å². The molecule has 1 unspecified atom stereocenters. The summed E-state index contributed by atoms with van der Waals surface area (Å²) < 4.78 is 12.7. The van der Waals surface area contributed by atoms with Crippen molar-refractivity contribution in [2.75, 3.05) is 45.9 Å². The number of benzene rings is 1. The molecular weight excluding hydrogens is 416 g/mol. The smallest absolute Gasteiger partial charge is 0.191 e. The van der Waals surface area contributed by atoms with Crippen molar-refractivity contribution in [2.24, 2.45) is 4.99 Å². The standard InChI is InChI=1S/C22H33ClN6O2/c1-15-19(16(2)29(27-15)10-11-30-4)13-25-22(24-3)26-18-8-9-28(14-18)20-12-17(23)6-7-21(20)31-5/h6-7,12,18H,8-11,13-14H2,1-5H3,(H2,24,25,26). The highest BCUT2D eigenvalue weighted by molar-refractivity contribution is 6.30. The van der Waals surface area contributed by atoms with Crippen molar-refractivity contribution in [3.63, 3.8) is 0 Å². The number of rotatable bonds is 8. The van der Waals surface area contributed by atoms with E-state index in [-0.39, 0.29) is 6.04 Å². The molecule has 2 heterocycles. The average Bonchev–Trinajstić information content (AvgIpc) is 3.33. The van der Waals surface area contributed by atoms with Crippen LogP contribution in [0.1, 0.15) is 23.4 Å². The maximum absolute atomic E-state index is 6.21. The van der Waals surface area contributed by atoms with E-state index in [1.54, 1.807) is 21.3 Å². The number of nitrogens with zero attached hydrogens (tertiary/aromatic N) is 4. The molecule has 1 aliphatic rings. The van der Waals surface area contributed by atoms with E-state index in [4.69, 9.17) is 21.1 Å². The summed E-state index contributed by atoms with van der Waals surface area (Å²) in [6, 6.07) is 6.00. The highest BCUT2D eigenvalue weighted by atomic mass is 35.5. The van der Waals surface area contributed by atoms with Crippen LogP contribution in [0.4, 0.5) is 5.69 Å². The zero-order valence-corrected chi connectivity index (χ0v) is 19.8. The lowest BCUT2D eigenvalue weighted by molar-refractivity contribution is 0.182. The van der Waals surface area contributed by atoms with E-state index in [1.165, 1.54) is 5.56 Å². The molecule has 170 valence electrons. The molecule has 0 saturated carbocycles. The van der Waals surface area contributed by atoms with Crippen molar-refractivity contribution in [1.29, 1.82) is 0 Å². The first-order valence-electron chi connectivity index (χ1n) is 10.5. The zero-order chi connectivity index (χ0) is 22.4. The summed E-state index contributed by atoms with van der Waals surface area (Å²) in [7, 11) is 5.19. The quantitative estimate of drug-likeness (QED) is 0.477. The Labute approximate surface area is 189 Å². The minimum absolute atomic E-state index is 0.279. The molecule has 0 radical (unpaired) electrons. The number of ether oxygens (including phenoxy) is 2. The molecule has 1 aliphatic heterocycles. The monoisotopic (exact) mass is 448 g/mol. The van der Waals surface area contributed by atoms with Crippen LogP contribution in [0.3, 0.4) is 0 Å². The highest BCUT2D eigenvalue weighted by Crippen LogP contribution is 2.33. The number of guanidine groups is 1. The van der Waals surface area contributed by atoms with Gasteiger partial charge in [0.1, 0.15) is 5.75 Å². The Balaban J connectivity index is 1.58. The molecule has 1 fully saturated rings. The van der Waals surface area contributed by atoms with Gasteiger partial charge in [0.05, 0.1) is 31.6 Å². The van der Waals surface area contributed by atoms with E-state index >= 15 is 0 Å². The van der Waals surface area contributed by atoms with Crippen LogP contribution in [0.2, 0.25) is 5.02 Å². The summed E-state index contributed by atoms with van der Waals surface area (Å²) in [6.07, 6.45) is 1.00. The van der Waals surface area contributed by atoms with Crippen LogP contribution in [-0.2, 0) is 17.8 Å². The maximum atomic E-state index is 6.21. The van der Waals surface area contributed by atoms with Gasteiger partial charge in [-0.1, -0.05) is 11.6 Å². The first-order valence-corrected chi connectivity index (χ1v) is 10.9. The van der Waals surface area contributed by atoms with Crippen molar-refractivity contribution in [3.8, 4) is 5.75 Å². The van der Waals surface area contributed by atoms with Gasteiger partial charge in [0.2, 0.25) is 0 Å². The van der Waals surface area contributed by atoms with Crippen LogP contribution < -0.4 is 20.3 Å². The van der Waals surface area contributed by atoms with Crippen LogP contribution in [0, 0.1) is 13.8 Å². The van der Waals surface area contributed by atoms with Crippen LogP contribution in [0.25, 0.3) is 0 Å². The number of aliphatic imine (C=N–C) groups is 1. The van der Waals surface area contributed by atoms with Gasteiger partial charge in [0.15, 0.2) is 5.96 Å². The predicted molar refractivity (Wildman–Crippen MR) is 126 cm³/mol. The molecule has 1 atom stereocenters. The third-order valence-electron chi connectivity index (χ3n) is 5.71. The Morgan fingerprint density at radius 2 is 2.13 bits per heavy atom. The van der Waals surface area contributed by atoms with Crippen molar-refractivity contribution in [1.82, 2.24) is 20.4 Å². The van der Waals surface area contributed by atoms with Crippen molar-refractivity contribution < 1.29 is 9.47 Å². The Morgan fingerprint density at radius 1 is 1.32 bits per heavy atom. The number of hydrogen-bond donors (Lipinski definition) is 2. The molecule has 8 nitrogen and oxygen atoms in total. The number of anilines is 1. The first kappa shape index (κ1) is 23.2. The topological polar surface area (TPSA) is 75.9 Å². The summed E-state index contributed by atoms with van der Waals surface area (Å²) in [5.74, 6) is 1.62. The predicted octanol–water partition coefficient (Wildman–Crippen LogP) is 2.75. The Hall–Kier alpha value is -2.45. The summed E-state index contributed by atoms with van der Waals surface area (Å²) >= 11 is 6.21. The molecular formula is C22H33ClN6O2.